The Labute approximate surface area is 223 Å². The monoisotopic (exact) mass is 516 g/mol. The molecule has 2 saturated carbocycles. The van der Waals surface area contributed by atoms with Crippen molar-refractivity contribution < 1.29 is 19.2 Å². The van der Waals surface area contributed by atoms with Gasteiger partial charge in [-0.2, -0.15) is 0 Å². The minimum Gasteiger partial charge on any atom is -0.338 e. The second-order valence-electron chi connectivity index (χ2n) is 11.9. The maximum atomic E-state index is 13.2. The lowest BCUT2D eigenvalue weighted by molar-refractivity contribution is -0.124. The summed E-state index contributed by atoms with van der Waals surface area (Å²) >= 11 is 0. The lowest BCUT2D eigenvalue weighted by atomic mass is 9.85. The van der Waals surface area contributed by atoms with Crippen LogP contribution in [0.1, 0.15) is 12.8 Å². The van der Waals surface area contributed by atoms with E-state index in [9.17, 15) is 19.2 Å². The van der Waals surface area contributed by atoms with Crippen LogP contribution in [0.25, 0.3) is 22.4 Å². The number of carbonyl (C=O) groups is 4. The van der Waals surface area contributed by atoms with Crippen molar-refractivity contribution in [2.75, 3.05) is 9.80 Å². The molecule has 0 spiro atoms. The average molecular weight is 517 g/mol. The number of rotatable bonds is 3. The van der Waals surface area contributed by atoms with Crippen molar-refractivity contribution in [3.05, 3.63) is 66.8 Å². The van der Waals surface area contributed by atoms with Crippen LogP contribution < -0.4 is 9.80 Å². The van der Waals surface area contributed by atoms with Gasteiger partial charge in [-0.25, -0.2) is 9.88 Å². The van der Waals surface area contributed by atoms with Gasteiger partial charge in [-0.15, -0.1) is 0 Å². The van der Waals surface area contributed by atoms with E-state index in [0.29, 0.717) is 17.2 Å². The standard InChI is InChI=1S/C31H24N4O4/c36-28-23-15-1-2-16(11-15)24(23)29(37)34(28)19-7-5-14(6-8-19)27-32-21-10-9-20(13-22(21)33-27)35-30(38)25-17-3-4-18(12-17)26(25)31(35)39/h1-10,13,15-18,23-26H,11-12H2,(H,32,33)/t15-,16-,17-,18+,23-,24+,25-,26+/m0/s1. The van der Waals surface area contributed by atoms with E-state index in [1.165, 1.54) is 9.80 Å². The normalized spacial score (nSPS) is 35.4. The van der Waals surface area contributed by atoms with E-state index in [0.717, 1.165) is 29.4 Å². The molecule has 8 heteroatoms. The van der Waals surface area contributed by atoms with Crippen molar-refractivity contribution in [3.8, 4) is 11.4 Å². The molecule has 4 bridgehead atoms. The smallest absolute Gasteiger partial charge is 0.238 e. The number of nitrogens with zero attached hydrogens (tertiary/aromatic N) is 3. The maximum absolute atomic E-state index is 13.2. The van der Waals surface area contributed by atoms with Crippen molar-refractivity contribution in [1.82, 2.24) is 9.97 Å². The number of carbonyl (C=O) groups excluding carboxylic acids is 4. The Bertz CT molecular complexity index is 1660. The Kier molecular flexibility index (Phi) is 3.98. The van der Waals surface area contributed by atoms with Gasteiger partial charge < -0.3 is 4.98 Å². The highest BCUT2D eigenvalue weighted by molar-refractivity contribution is 6.24. The number of aromatic amines is 1. The second-order valence-corrected chi connectivity index (χ2v) is 11.9. The molecule has 39 heavy (non-hydrogen) atoms. The van der Waals surface area contributed by atoms with E-state index < -0.39 is 0 Å². The number of amides is 4. The summed E-state index contributed by atoms with van der Waals surface area (Å²) in [5.41, 5.74) is 3.41. The molecule has 9 rings (SSSR count). The van der Waals surface area contributed by atoms with E-state index in [1.54, 1.807) is 18.2 Å². The zero-order valence-electron chi connectivity index (χ0n) is 20.9. The summed E-state index contributed by atoms with van der Waals surface area (Å²) in [6, 6.07) is 12.7. The zero-order chi connectivity index (χ0) is 26.2. The number of hydrogen-bond acceptors (Lipinski definition) is 5. The van der Waals surface area contributed by atoms with Crippen LogP contribution in [0.2, 0.25) is 0 Å². The van der Waals surface area contributed by atoms with Gasteiger partial charge in [0.2, 0.25) is 23.6 Å². The predicted octanol–water partition coefficient (Wildman–Crippen LogP) is 3.85. The molecule has 3 aromatic rings. The van der Waals surface area contributed by atoms with Gasteiger partial charge in [0.05, 0.1) is 46.1 Å². The number of H-pyrrole nitrogens is 1. The van der Waals surface area contributed by atoms with Crippen LogP contribution in [0, 0.1) is 47.3 Å². The Morgan fingerprint density at radius 3 is 1.59 bits per heavy atom. The van der Waals surface area contributed by atoms with Crippen LogP contribution in [0.5, 0.6) is 0 Å². The van der Waals surface area contributed by atoms with Crippen molar-refractivity contribution in [3.63, 3.8) is 0 Å². The van der Waals surface area contributed by atoms with E-state index in [2.05, 4.69) is 29.3 Å². The Morgan fingerprint density at radius 2 is 1.08 bits per heavy atom. The minimum absolute atomic E-state index is 0.0928. The fourth-order valence-electron chi connectivity index (χ4n) is 8.36. The summed E-state index contributed by atoms with van der Waals surface area (Å²) in [7, 11) is 0. The summed E-state index contributed by atoms with van der Waals surface area (Å²) in [6.07, 6.45) is 10.2. The Hall–Kier alpha value is -4.33. The number of nitrogens with one attached hydrogen (secondary N) is 1. The summed E-state index contributed by atoms with van der Waals surface area (Å²) in [4.78, 5) is 63.5. The number of imidazole rings is 1. The average Bonchev–Trinajstić information content (AvgIpc) is 3.79. The molecule has 4 aliphatic carbocycles. The SMILES string of the molecule is O=C1[C@@H]2[C@H](C(=O)N1c1ccc3nc(-c4ccc(N5C(=O)[C@@H]6[C@H](C5=O)[C@H]5C=C[C@H]6C5)cc4)[nH]c3c1)[C@@H]1C=C[C@H]2C1. The van der Waals surface area contributed by atoms with Crippen LogP contribution >= 0.6 is 0 Å². The van der Waals surface area contributed by atoms with Crippen molar-refractivity contribution in [2.24, 2.45) is 47.3 Å². The van der Waals surface area contributed by atoms with E-state index in [-0.39, 0.29) is 71.0 Å². The summed E-state index contributed by atoms with van der Waals surface area (Å²) < 4.78 is 0. The van der Waals surface area contributed by atoms with E-state index in [1.807, 2.05) is 24.3 Å². The number of anilines is 2. The molecule has 3 heterocycles. The topological polar surface area (TPSA) is 103 Å². The maximum Gasteiger partial charge on any atom is 0.238 e. The van der Waals surface area contributed by atoms with Crippen LogP contribution in [-0.2, 0) is 19.2 Å². The summed E-state index contributed by atoms with van der Waals surface area (Å²) in [6.45, 7) is 0. The molecule has 1 aromatic heterocycles. The third-order valence-corrected chi connectivity index (χ3v) is 10.1. The number of allylic oxidation sites excluding steroid dienone is 4. The molecule has 2 saturated heterocycles. The Morgan fingerprint density at radius 1 is 0.615 bits per heavy atom. The third-order valence-electron chi connectivity index (χ3n) is 10.1. The van der Waals surface area contributed by atoms with Crippen molar-refractivity contribution in [1.29, 1.82) is 0 Å². The van der Waals surface area contributed by atoms with Gasteiger partial charge in [0.1, 0.15) is 5.82 Å². The Balaban J connectivity index is 0.997. The molecule has 8 nitrogen and oxygen atoms in total. The first kappa shape index (κ1) is 21.6. The van der Waals surface area contributed by atoms with Gasteiger partial charge in [0.25, 0.3) is 0 Å². The quantitative estimate of drug-likeness (QED) is 0.421. The molecule has 192 valence electrons. The van der Waals surface area contributed by atoms with Gasteiger partial charge >= 0.3 is 0 Å². The van der Waals surface area contributed by atoms with E-state index >= 15 is 0 Å². The molecular weight excluding hydrogens is 492 g/mol. The lowest BCUT2D eigenvalue weighted by Gasteiger charge is -2.17. The highest BCUT2D eigenvalue weighted by atomic mass is 16.2. The van der Waals surface area contributed by atoms with Crippen molar-refractivity contribution in [2.45, 2.75) is 12.8 Å². The number of fused-ring (bicyclic) bond motifs is 11. The van der Waals surface area contributed by atoms with Gasteiger partial charge in [-0.05, 0) is 79.0 Å². The number of aromatic nitrogens is 2. The second kappa shape index (κ2) is 7.20. The van der Waals surface area contributed by atoms with Crippen LogP contribution in [-0.4, -0.2) is 33.6 Å². The predicted molar refractivity (Wildman–Crippen MR) is 142 cm³/mol. The first-order chi connectivity index (χ1) is 19.0. The van der Waals surface area contributed by atoms with Gasteiger partial charge in [0, 0.05) is 5.56 Å². The van der Waals surface area contributed by atoms with Gasteiger partial charge in [0.15, 0.2) is 0 Å². The summed E-state index contributed by atoms with van der Waals surface area (Å²) in [5.74, 6) is 0.0185. The van der Waals surface area contributed by atoms with Crippen molar-refractivity contribution >= 4 is 46.0 Å². The van der Waals surface area contributed by atoms with Crippen LogP contribution in [0.4, 0.5) is 11.4 Å². The number of hydrogen-bond donors (Lipinski definition) is 1. The molecule has 1 N–H and O–H groups in total. The van der Waals surface area contributed by atoms with Gasteiger partial charge in [-0.1, -0.05) is 24.3 Å². The lowest BCUT2D eigenvalue weighted by Crippen LogP contribution is -2.32. The third kappa shape index (κ3) is 2.66. The first-order valence-corrected chi connectivity index (χ1v) is 13.7. The highest BCUT2D eigenvalue weighted by Crippen LogP contribution is 2.54. The fourth-order valence-corrected chi connectivity index (χ4v) is 8.36. The molecule has 8 atom stereocenters. The molecule has 4 amide bonds. The largest absolute Gasteiger partial charge is 0.338 e. The zero-order valence-corrected chi connectivity index (χ0v) is 20.9. The minimum atomic E-state index is -0.237. The van der Waals surface area contributed by atoms with Crippen LogP contribution in [0.15, 0.2) is 66.8 Å². The molecule has 2 aromatic carbocycles. The number of imide groups is 2. The first-order valence-electron chi connectivity index (χ1n) is 13.7. The van der Waals surface area contributed by atoms with Crippen LogP contribution in [0.3, 0.4) is 0 Å². The molecule has 0 radical (unpaired) electrons. The fraction of sp³-hybridized carbons (Fsp3) is 0.323. The molecule has 4 fully saturated rings. The molecular formula is C31H24N4O4. The summed E-state index contributed by atoms with van der Waals surface area (Å²) in [5, 5.41) is 0. The number of benzene rings is 2. The molecule has 6 aliphatic rings. The van der Waals surface area contributed by atoms with Gasteiger partial charge in [-0.3, -0.25) is 24.1 Å². The van der Waals surface area contributed by atoms with E-state index in [4.69, 9.17) is 4.98 Å². The highest BCUT2D eigenvalue weighted by Gasteiger charge is 2.60. The molecule has 2 aliphatic heterocycles. The molecule has 0 unspecified atom stereocenters.